The van der Waals surface area contributed by atoms with Crippen LogP contribution >= 0.6 is 15.9 Å². The van der Waals surface area contributed by atoms with Gasteiger partial charge in [-0.1, -0.05) is 15.9 Å². The fourth-order valence-corrected chi connectivity index (χ4v) is 3.42. The summed E-state index contributed by atoms with van der Waals surface area (Å²) >= 11 is 3.50. The van der Waals surface area contributed by atoms with E-state index in [1.807, 2.05) is 12.1 Å². The zero-order valence-corrected chi connectivity index (χ0v) is 13.4. The molecule has 1 unspecified atom stereocenters. The van der Waals surface area contributed by atoms with Crippen molar-refractivity contribution < 1.29 is 5.11 Å². The number of hydrogen-bond acceptors (Lipinski definition) is 3. The third-order valence-corrected chi connectivity index (χ3v) is 4.78. The van der Waals surface area contributed by atoms with E-state index in [4.69, 9.17) is 0 Å². The molecule has 1 saturated carbocycles. The lowest BCUT2D eigenvalue weighted by Gasteiger charge is -2.26. The molecule has 1 saturated heterocycles. The molecule has 0 aromatic heterocycles. The van der Waals surface area contributed by atoms with Crippen molar-refractivity contribution in [3.63, 3.8) is 0 Å². The molecule has 4 heteroatoms. The lowest BCUT2D eigenvalue weighted by atomic mass is 10.1. The van der Waals surface area contributed by atoms with Crippen LogP contribution in [0.5, 0.6) is 5.75 Å². The van der Waals surface area contributed by atoms with Gasteiger partial charge in [0.1, 0.15) is 5.75 Å². The SMILES string of the molecule is Oc1ccc(Br)cc1CN(CC1CC1)CC1CCCN1. The van der Waals surface area contributed by atoms with Crippen molar-refractivity contribution >= 4 is 15.9 Å². The number of rotatable bonds is 6. The first-order chi connectivity index (χ1) is 9.70. The summed E-state index contributed by atoms with van der Waals surface area (Å²) in [5, 5.41) is 13.6. The van der Waals surface area contributed by atoms with Gasteiger partial charge in [0.05, 0.1) is 0 Å². The van der Waals surface area contributed by atoms with Crippen molar-refractivity contribution in [2.45, 2.75) is 38.3 Å². The summed E-state index contributed by atoms with van der Waals surface area (Å²) in [6.07, 6.45) is 5.33. The van der Waals surface area contributed by atoms with Gasteiger partial charge in [0, 0.05) is 35.7 Å². The second-order valence-corrected chi connectivity index (χ2v) is 7.12. The molecular formula is C16H23BrN2O. The fraction of sp³-hybridized carbons (Fsp3) is 0.625. The quantitative estimate of drug-likeness (QED) is 0.836. The predicted molar refractivity (Wildman–Crippen MR) is 84.8 cm³/mol. The van der Waals surface area contributed by atoms with Crippen LogP contribution in [0, 0.1) is 5.92 Å². The maximum atomic E-state index is 10.0. The molecule has 0 amide bonds. The van der Waals surface area contributed by atoms with Crippen LogP contribution in [0.25, 0.3) is 0 Å². The van der Waals surface area contributed by atoms with Crippen molar-refractivity contribution in [1.82, 2.24) is 10.2 Å². The number of hydrogen-bond donors (Lipinski definition) is 2. The van der Waals surface area contributed by atoms with E-state index in [-0.39, 0.29) is 0 Å². The van der Waals surface area contributed by atoms with Gasteiger partial charge in [-0.2, -0.15) is 0 Å². The molecule has 2 N–H and O–H groups in total. The average Bonchev–Trinajstić information content (AvgIpc) is 3.08. The Balaban J connectivity index is 1.65. The average molecular weight is 339 g/mol. The van der Waals surface area contributed by atoms with Crippen molar-refractivity contribution in [2.24, 2.45) is 5.92 Å². The van der Waals surface area contributed by atoms with Crippen molar-refractivity contribution in [2.75, 3.05) is 19.6 Å². The van der Waals surface area contributed by atoms with Gasteiger partial charge in [-0.05, 0) is 56.3 Å². The summed E-state index contributed by atoms with van der Waals surface area (Å²) < 4.78 is 1.04. The summed E-state index contributed by atoms with van der Waals surface area (Å²) in [5.41, 5.74) is 1.03. The Morgan fingerprint density at radius 3 is 2.80 bits per heavy atom. The van der Waals surface area contributed by atoms with Gasteiger partial charge in [0.2, 0.25) is 0 Å². The van der Waals surface area contributed by atoms with Crippen LogP contribution in [-0.2, 0) is 6.54 Å². The first-order valence-electron chi connectivity index (χ1n) is 7.64. The van der Waals surface area contributed by atoms with Crippen LogP contribution in [0.1, 0.15) is 31.2 Å². The van der Waals surface area contributed by atoms with Crippen molar-refractivity contribution in [1.29, 1.82) is 0 Å². The second kappa shape index (κ2) is 6.46. The largest absolute Gasteiger partial charge is 0.508 e. The Kier molecular flexibility index (Phi) is 4.64. The first-order valence-corrected chi connectivity index (χ1v) is 8.43. The molecule has 1 aromatic rings. The third kappa shape index (κ3) is 3.96. The van der Waals surface area contributed by atoms with E-state index in [2.05, 4.69) is 26.1 Å². The summed E-state index contributed by atoms with van der Waals surface area (Å²) in [7, 11) is 0. The standard InChI is InChI=1S/C16H23BrN2O/c17-14-5-6-16(20)13(8-14)10-19(9-12-3-4-12)11-15-2-1-7-18-15/h5-6,8,12,15,18,20H,1-4,7,9-11H2. The van der Waals surface area contributed by atoms with Crippen LogP contribution in [-0.4, -0.2) is 35.7 Å². The minimum absolute atomic E-state index is 0.411. The van der Waals surface area contributed by atoms with E-state index in [0.717, 1.165) is 35.6 Å². The van der Waals surface area contributed by atoms with Crippen molar-refractivity contribution in [3.8, 4) is 5.75 Å². The monoisotopic (exact) mass is 338 g/mol. The zero-order chi connectivity index (χ0) is 13.9. The van der Waals surface area contributed by atoms with Gasteiger partial charge in [-0.3, -0.25) is 4.90 Å². The van der Waals surface area contributed by atoms with Gasteiger partial charge in [0.15, 0.2) is 0 Å². The van der Waals surface area contributed by atoms with Gasteiger partial charge >= 0.3 is 0 Å². The van der Waals surface area contributed by atoms with Gasteiger partial charge in [0.25, 0.3) is 0 Å². The Morgan fingerprint density at radius 1 is 1.25 bits per heavy atom. The van der Waals surface area contributed by atoms with E-state index in [9.17, 15) is 5.11 Å². The maximum Gasteiger partial charge on any atom is 0.120 e. The minimum atomic E-state index is 0.411. The third-order valence-electron chi connectivity index (χ3n) is 4.29. The molecule has 1 heterocycles. The lowest BCUT2D eigenvalue weighted by molar-refractivity contribution is 0.229. The number of benzene rings is 1. The van der Waals surface area contributed by atoms with Crippen molar-refractivity contribution in [3.05, 3.63) is 28.2 Å². The fourth-order valence-electron chi connectivity index (χ4n) is 3.02. The molecule has 2 fully saturated rings. The predicted octanol–water partition coefficient (Wildman–Crippen LogP) is 3.12. The molecule has 2 aliphatic rings. The van der Waals surface area contributed by atoms with Crippen LogP contribution in [0.15, 0.2) is 22.7 Å². The molecule has 1 aliphatic heterocycles. The summed E-state index contributed by atoms with van der Waals surface area (Å²) in [5.74, 6) is 1.29. The molecular weight excluding hydrogens is 316 g/mol. The molecule has 110 valence electrons. The Hall–Kier alpha value is -0.580. The highest BCUT2D eigenvalue weighted by Gasteiger charge is 2.26. The normalized spacial score (nSPS) is 22.6. The molecule has 20 heavy (non-hydrogen) atoms. The van der Waals surface area contributed by atoms with Gasteiger partial charge in [-0.15, -0.1) is 0 Å². The first kappa shape index (κ1) is 14.4. The molecule has 1 aliphatic carbocycles. The highest BCUT2D eigenvalue weighted by molar-refractivity contribution is 9.10. The highest BCUT2D eigenvalue weighted by atomic mass is 79.9. The van der Waals surface area contributed by atoms with E-state index in [0.29, 0.717) is 11.8 Å². The smallest absolute Gasteiger partial charge is 0.120 e. The number of phenols is 1. The number of nitrogens with one attached hydrogen (secondary N) is 1. The van der Waals surface area contributed by atoms with Crippen LogP contribution in [0.4, 0.5) is 0 Å². The molecule has 3 nitrogen and oxygen atoms in total. The van der Waals surface area contributed by atoms with E-state index in [1.54, 1.807) is 6.07 Å². The molecule has 0 radical (unpaired) electrons. The number of halogens is 1. The summed E-state index contributed by atoms with van der Waals surface area (Å²) in [6, 6.07) is 6.34. The number of phenolic OH excluding ortho intramolecular Hbond substituents is 1. The van der Waals surface area contributed by atoms with Gasteiger partial charge in [-0.25, -0.2) is 0 Å². The molecule has 0 bridgehead atoms. The molecule has 1 atom stereocenters. The number of nitrogens with zero attached hydrogens (tertiary/aromatic N) is 1. The van der Waals surface area contributed by atoms with E-state index < -0.39 is 0 Å². The molecule has 1 aromatic carbocycles. The van der Waals surface area contributed by atoms with E-state index in [1.165, 1.54) is 32.2 Å². The Morgan fingerprint density at radius 2 is 2.10 bits per heavy atom. The minimum Gasteiger partial charge on any atom is -0.508 e. The second-order valence-electron chi connectivity index (χ2n) is 6.20. The lowest BCUT2D eigenvalue weighted by Crippen LogP contribution is -2.38. The van der Waals surface area contributed by atoms with Crippen LogP contribution in [0.2, 0.25) is 0 Å². The summed E-state index contributed by atoms with van der Waals surface area (Å²) in [4.78, 5) is 2.52. The summed E-state index contributed by atoms with van der Waals surface area (Å²) in [6.45, 7) is 4.27. The topological polar surface area (TPSA) is 35.5 Å². The number of aromatic hydroxyl groups is 1. The van der Waals surface area contributed by atoms with Crippen LogP contribution in [0.3, 0.4) is 0 Å². The van der Waals surface area contributed by atoms with E-state index >= 15 is 0 Å². The Bertz CT molecular complexity index is 456. The van der Waals surface area contributed by atoms with Crippen LogP contribution < -0.4 is 5.32 Å². The molecule has 0 spiro atoms. The van der Waals surface area contributed by atoms with Gasteiger partial charge < -0.3 is 10.4 Å². The Labute approximate surface area is 129 Å². The zero-order valence-electron chi connectivity index (χ0n) is 11.8. The molecule has 3 rings (SSSR count). The maximum absolute atomic E-state index is 10.0. The highest BCUT2D eigenvalue weighted by Crippen LogP contribution is 2.31.